The van der Waals surface area contributed by atoms with Gasteiger partial charge in [-0.25, -0.2) is 0 Å². The smallest absolute Gasteiger partial charge is 0.0962 e. The number of hydrogen-bond donors (Lipinski definition) is 0. The van der Waals surface area contributed by atoms with Gasteiger partial charge in [-0.15, -0.1) is 70.6 Å². The van der Waals surface area contributed by atoms with Gasteiger partial charge in [-0.05, 0) is 0 Å². The van der Waals surface area contributed by atoms with Gasteiger partial charge >= 0.3 is 0 Å². The summed E-state index contributed by atoms with van der Waals surface area (Å²) in [5.41, 5.74) is 0. The maximum atomic E-state index is 2.29. The number of rotatable bonds is 13. The van der Waals surface area contributed by atoms with Crippen molar-refractivity contribution in [2.24, 2.45) is 0 Å². The summed E-state index contributed by atoms with van der Waals surface area (Å²) >= 11 is 22.2. The molecule has 26 heavy (non-hydrogen) atoms. The molecule has 0 saturated carbocycles. The van der Waals surface area contributed by atoms with Gasteiger partial charge < -0.3 is 0 Å². The van der Waals surface area contributed by atoms with E-state index in [-0.39, 0.29) is 0 Å². The lowest BCUT2D eigenvalue weighted by molar-refractivity contribution is 1.08. The predicted molar refractivity (Wildman–Crippen MR) is 147 cm³/mol. The average molecular weight is 539 g/mol. The standard InChI is InChI=1S/C16H26S10/c1(21-15(23-11-3-17-4-11)24-12-5-18-6-12)2-22-16(25-13-7-19-8-13)26-14-9-20-10-14/h11-16H,1-10H2. The molecule has 0 spiro atoms. The molecule has 4 rings (SSSR count). The Morgan fingerprint density at radius 3 is 0.962 bits per heavy atom. The van der Waals surface area contributed by atoms with Gasteiger partial charge in [0.05, 0.1) is 7.83 Å². The van der Waals surface area contributed by atoms with Crippen LogP contribution in [0.3, 0.4) is 0 Å². The zero-order valence-corrected chi connectivity index (χ0v) is 22.8. The molecule has 4 aliphatic rings. The van der Waals surface area contributed by atoms with Crippen LogP contribution in [0.5, 0.6) is 0 Å². The quantitative estimate of drug-likeness (QED) is 0.189. The number of hydrogen-bond acceptors (Lipinski definition) is 10. The zero-order valence-electron chi connectivity index (χ0n) is 14.6. The fraction of sp³-hybridized carbons (Fsp3) is 1.00. The molecule has 0 aromatic carbocycles. The highest BCUT2D eigenvalue weighted by atomic mass is 32.3. The molecule has 0 radical (unpaired) electrons. The highest BCUT2D eigenvalue weighted by molar-refractivity contribution is 8.35. The molecule has 4 aliphatic heterocycles. The maximum absolute atomic E-state index is 2.29. The van der Waals surface area contributed by atoms with Crippen LogP contribution in [0.2, 0.25) is 0 Å². The highest BCUT2D eigenvalue weighted by Gasteiger charge is 2.30. The molecule has 150 valence electrons. The molecule has 0 N–H and O–H groups in total. The molecule has 0 aromatic heterocycles. The van der Waals surface area contributed by atoms with E-state index < -0.39 is 0 Å². The van der Waals surface area contributed by atoms with Crippen LogP contribution in [-0.2, 0) is 0 Å². The van der Waals surface area contributed by atoms with Gasteiger partial charge in [0.2, 0.25) is 0 Å². The molecular formula is C16H26S10. The van der Waals surface area contributed by atoms with E-state index in [1.165, 1.54) is 57.5 Å². The van der Waals surface area contributed by atoms with Gasteiger partial charge in [-0.1, -0.05) is 0 Å². The Morgan fingerprint density at radius 1 is 0.500 bits per heavy atom. The van der Waals surface area contributed by atoms with Crippen LogP contribution in [0.15, 0.2) is 0 Å². The van der Waals surface area contributed by atoms with Crippen molar-refractivity contribution in [1.29, 1.82) is 0 Å². The number of thioether (sulfide) groups is 10. The van der Waals surface area contributed by atoms with E-state index in [0.29, 0.717) is 0 Å². The van der Waals surface area contributed by atoms with Crippen molar-refractivity contribution in [3.05, 3.63) is 0 Å². The van der Waals surface area contributed by atoms with Crippen LogP contribution in [0, 0.1) is 0 Å². The fourth-order valence-corrected chi connectivity index (χ4v) is 18.0. The summed E-state index contributed by atoms with van der Waals surface area (Å²) in [6, 6.07) is 0. The normalized spacial score (nSPS) is 25.2. The molecule has 0 aromatic rings. The Balaban J connectivity index is 1.15. The SMILES string of the molecule is C(CSC(SC1CSC1)SC1CSC1)SC(SC1CSC1)SC1CSC1. The third-order valence-corrected chi connectivity index (χ3v) is 20.8. The first kappa shape index (κ1) is 22.7. The van der Waals surface area contributed by atoms with Gasteiger partial charge in [0.15, 0.2) is 0 Å². The third kappa shape index (κ3) is 7.57. The molecule has 4 saturated heterocycles. The third-order valence-electron chi connectivity index (χ3n) is 4.24. The molecule has 4 fully saturated rings. The minimum Gasteiger partial charge on any atom is -0.160 e. The summed E-state index contributed by atoms with van der Waals surface area (Å²) < 4.78 is 1.58. The van der Waals surface area contributed by atoms with Gasteiger partial charge in [0, 0.05) is 78.5 Å². The van der Waals surface area contributed by atoms with Gasteiger partial charge in [-0.3, -0.25) is 0 Å². The highest BCUT2D eigenvalue weighted by Crippen LogP contribution is 2.48. The molecule has 0 amide bonds. The molecular weight excluding hydrogens is 513 g/mol. The fourth-order valence-electron chi connectivity index (χ4n) is 2.31. The molecule has 10 heteroatoms. The van der Waals surface area contributed by atoms with Crippen molar-refractivity contribution in [3.8, 4) is 0 Å². The lowest BCUT2D eigenvalue weighted by atomic mass is 10.5. The van der Waals surface area contributed by atoms with Gasteiger partial charge in [-0.2, -0.15) is 47.0 Å². The van der Waals surface area contributed by atoms with Crippen molar-refractivity contribution in [1.82, 2.24) is 0 Å². The molecule has 0 nitrogen and oxygen atoms in total. The molecule has 4 heterocycles. The molecule has 0 aliphatic carbocycles. The zero-order chi connectivity index (χ0) is 17.6. The second-order valence-corrected chi connectivity index (χ2v) is 20.7. The Labute approximate surface area is 201 Å². The Kier molecular flexibility index (Phi) is 10.9. The van der Waals surface area contributed by atoms with Crippen LogP contribution < -0.4 is 0 Å². The van der Waals surface area contributed by atoms with E-state index in [2.05, 4.69) is 118 Å². The average Bonchev–Trinajstić information content (AvgIpc) is 2.47. The van der Waals surface area contributed by atoms with E-state index in [0.717, 1.165) is 28.8 Å². The summed E-state index contributed by atoms with van der Waals surface area (Å²) in [5, 5.41) is 3.76. The van der Waals surface area contributed by atoms with Gasteiger partial charge in [0.1, 0.15) is 0 Å². The van der Waals surface area contributed by atoms with Crippen LogP contribution in [0.4, 0.5) is 0 Å². The maximum Gasteiger partial charge on any atom is 0.0962 e. The second-order valence-electron chi connectivity index (χ2n) is 6.50. The van der Waals surface area contributed by atoms with Crippen LogP contribution in [0.1, 0.15) is 0 Å². The van der Waals surface area contributed by atoms with Crippen molar-refractivity contribution >= 4 is 118 Å². The molecule has 0 unspecified atom stereocenters. The largest absolute Gasteiger partial charge is 0.160 e. The van der Waals surface area contributed by atoms with E-state index in [9.17, 15) is 0 Å². The monoisotopic (exact) mass is 538 g/mol. The first-order valence-electron chi connectivity index (χ1n) is 9.01. The topological polar surface area (TPSA) is 0 Å². The molecule has 0 atom stereocenters. The molecule has 0 bridgehead atoms. The minimum atomic E-state index is 0.789. The summed E-state index contributed by atoms with van der Waals surface area (Å²) in [6.45, 7) is 0. The van der Waals surface area contributed by atoms with Crippen LogP contribution in [-0.4, -0.2) is 86.4 Å². The van der Waals surface area contributed by atoms with E-state index >= 15 is 0 Å². The van der Waals surface area contributed by atoms with E-state index in [1.54, 1.807) is 0 Å². The Bertz CT molecular complexity index is 338. The van der Waals surface area contributed by atoms with Crippen molar-refractivity contribution in [2.75, 3.05) is 57.5 Å². The Hall–Kier alpha value is 3.50. The second kappa shape index (κ2) is 12.5. The predicted octanol–water partition coefficient (Wildman–Crippen LogP) is 6.41. The lowest BCUT2D eigenvalue weighted by Gasteiger charge is -2.33. The summed E-state index contributed by atoms with van der Waals surface area (Å²) in [4.78, 5) is 0. The first-order chi connectivity index (χ1) is 12.8. The van der Waals surface area contributed by atoms with Crippen molar-refractivity contribution in [3.63, 3.8) is 0 Å². The van der Waals surface area contributed by atoms with E-state index in [4.69, 9.17) is 0 Å². The Morgan fingerprint density at radius 2 is 0.769 bits per heavy atom. The van der Waals surface area contributed by atoms with Crippen molar-refractivity contribution in [2.45, 2.75) is 28.8 Å². The van der Waals surface area contributed by atoms with E-state index in [1.807, 2.05) is 0 Å². The summed E-state index contributed by atoms with van der Waals surface area (Å²) in [6.07, 6.45) is 0. The van der Waals surface area contributed by atoms with Crippen LogP contribution in [0.25, 0.3) is 0 Å². The summed E-state index contributed by atoms with van der Waals surface area (Å²) in [5.74, 6) is 13.8. The van der Waals surface area contributed by atoms with Crippen molar-refractivity contribution < 1.29 is 0 Å². The van der Waals surface area contributed by atoms with Gasteiger partial charge in [0.25, 0.3) is 0 Å². The first-order valence-corrected chi connectivity index (χ1v) is 19.5. The summed E-state index contributed by atoms with van der Waals surface area (Å²) in [7, 11) is 0. The van der Waals surface area contributed by atoms with Crippen LogP contribution >= 0.6 is 118 Å². The lowest BCUT2D eigenvalue weighted by Crippen LogP contribution is -2.27. The minimum absolute atomic E-state index is 0.789.